The minimum absolute atomic E-state index is 0.633. The maximum absolute atomic E-state index is 8.90. The number of nitriles is 1. The molecule has 3 heterocycles. The Morgan fingerprint density at radius 1 is 0.962 bits per heavy atom. The average Bonchev–Trinajstić information content (AvgIpc) is 3.37. The van der Waals surface area contributed by atoms with E-state index in [1.54, 1.807) is 34.8 Å². The highest BCUT2D eigenvalue weighted by atomic mass is 32.1. The zero-order chi connectivity index (χ0) is 17.8. The van der Waals surface area contributed by atoms with Gasteiger partial charge in [0, 0.05) is 22.8 Å². The molecule has 0 N–H and O–H groups in total. The van der Waals surface area contributed by atoms with Crippen LogP contribution in [-0.2, 0) is 0 Å². The van der Waals surface area contributed by atoms with Crippen molar-refractivity contribution in [3.63, 3.8) is 0 Å². The van der Waals surface area contributed by atoms with Crippen LogP contribution in [0.2, 0.25) is 0 Å². The summed E-state index contributed by atoms with van der Waals surface area (Å²) in [4.78, 5) is 4.96. The van der Waals surface area contributed by atoms with E-state index in [4.69, 9.17) is 5.26 Å². The van der Waals surface area contributed by atoms with Crippen LogP contribution in [0.25, 0.3) is 9.75 Å². The Morgan fingerprint density at radius 2 is 1.77 bits per heavy atom. The molecule has 26 heavy (non-hydrogen) atoms. The summed E-state index contributed by atoms with van der Waals surface area (Å²) in [6, 6.07) is 15.7. The molecule has 2 aromatic heterocycles. The summed E-state index contributed by atoms with van der Waals surface area (Å²) in [5.74, 6) is 0. The van der Waals surface area contributed by atoms with E-state index in [1.165, 1.54) is 34.0 Å². The summed E-state index contributed by atoms with van der Waals surface area (Å²) >= 11 is 3.56. The molecular formula is C20H18N4S2. The largest absolute Gasteiger partial charge is 0.362 e. The second kappa shape index (κ2) is 7.81. The van der Waals surface area contributed by atoms with Crippen LogP contribution in [0, 0.1) is 11.3 Å². The van der Waals surface area contributed by atoms with Gasteiger partial charge in [0.05, 0.1) is 17.3 Å². The number of hydrogen-bond acceptors (Lipinski definition) is 6. The van der Waals surface area contributed by atoms with Gasteiger partial charge in [0.15, 0.2) is 0 Å². The summed E-state index contributed by atoms with van der Waals surface area (Å²) in [7, 11) is 0. The van der Waals surface area contributed by atoms with Crippen molar-refractivity contribution in [3.8, 4) is 15.8 Å². The number of hydrogen-bond donors (Lipinski definition) is 0. The molecule has 1 saturated heterocycles. The quantitative estimate of drug-likeness (QED) is 0.471. The highest BCUT2D eigenvalue weighted by molar-refractivity contribution is 7.24. The van der Waals surface area contributed by atoms with Crippen molar-refractivity contribution >= 4 is 39.0 Å². The Morgan fingerprint density at radius 3 is 2.46 bits per heavy atom. The van der Waals surface area contributed by atoms with Crippen LogP contribution < -0.4 is 4.90 Å². The third-order valence-corrected chi connectivity index (χ3v) is 6.62. The molecule has 3 aromatic rings. The number of benzene rings is 1. The minimum atomic E-state index is 0.633. The first kappa shape index (κ1) is 17.0. The zero-order valence-electron chi connectivity index (χ0n) is 14.3. The topological polar surface area (TPSA) is 51.8 Å². The van der Waals surface area contributed by atoms with E-state index in [9.17, 15) is 0 Å². The van der Waals surface area contributed by atoms with Gasteiger partial charge in [-0.3, -0.25) is 0 Å². The lowest BCUT2D eigenvalue weighted by Crippen LogP contribution is -2.28. The van der Waals surface area contributed by atoms with E-state index in [0.29, 0.717) is 5.56 Å². The normalized spacial score (nSPS) is 14.7. The first-order chi connectivity index (χ1) is 12.8. The molecule has 0 atom stereocenters. The molecule has 0 spiro atoms. The Kier molecular flexibility index (Phi) is 5.09. The second-order valence-corrected chi connectivity index (χ2v) is 8.16. The van der Waals surface area contributed by atoms with Crippen LogP contribution in [0.15, 0.2) is 58.1 Å². The van der Waals surface area contributed by atoms with E-state index in [1.807, 2.05) is 12.1 Å². The van der Waals surface area contributed by atoms with E-state index in [-0.39, 0.29) is 0 Å². The Labute approximate surface area is 161 Å². The predicted octanol–water partition coefficient (Wildman–Crippen LogP) is 6.75. The first-order valence-electron chi connectivity index (χ1n) is 8.68. The van der Waals surface area contributed by atoms with Crippen molar-refractivity contribution < 1.29 is 0 Å². The Bertz CT molecular complexity index is 927. The zero-order valence-corrected chi connectivity index (χ0v) is 15.9. The molecule has 1 fully saturated rings. The van der Waals surface area contributed by atoms with Gasteiger partial charge in [-0.1, -0.05) is 6.07 Å². The molecule has 0 aliphatic carbocycles. The van der Waals surface area contributed by atoms with E-state index < -0.39 is 0 Å². The van der Waals surface area contributed by atoms with E-state index >= 15 is 0 Å². The van der Waals surface area contributed by atoms with Gasteiger partial charge in [-0.05, 0) is 61.0 Å². The highest BCUT2D eigenvalue weighted by Crippen LogP contribution is 2.45. The van der Waals surface area contributed by atoms with Crippen LogP contribution in [0.1, 0.15) is 24.8 Å². The third-order valence-electron chi connectivity index (χ3n) is 4.37. The summed E-state index contributed by atoms with van der Waals surface area (Å²) < 4.78 is 0. The first-order valence-corrected chi connectivity index (χ1v) is 10.4. The van der Waals surface area contributed by atoms with E-state index in [2.05, 4.69) is 44.8 Å². The van der Waals surface area contributed by atoms with Crippen molar-refractivity contribution in [2.75, 3.05) is 18.0 Å². The molecule has 0 saturated carbocycles. The summed E-state index contributed by atoms with van der Waals surface area (Å²) in [6.45, 7) is 2.17. The fourth-order valence-corrected chi connectivity index (χ4v) is 4.99. The van der Waals surface area contributed by atoms with Gasteiger partial charge in [-0.25, -0.2) is 0 Å². The number of piperidine rings is 1. The molecule has 1 aliphatic heterocycles. The number of rotatable bonds is 4. The van der Waals surface area contributed by atoms with Gasteiger partial charge in [0.25, 0.3) is 0 Å². The molecule has 4 rings (SSSR count). The SMILES string of the molecule is N#Cc1ccc(N=Nc2cc(-c3cccs3)sc2N2CCCCC2)cc1. The fraction of sp³-hybridized carbons (Fsp3) is 0.250. The van der Waals surface area contributed by atoms with Gasteiger partial charge in [0.1, 0.15) is 10.7 Å². The summed E-state index contributed by atoms with van der Waals surface area (Å²) in [5, 5.41) is 21.2. The van der Waals surface area contributed by atoms with Crippen molar-refractivity contribution in [2.24, 2.45) is 10.2 Å². The third kappa shape index (κ3) is 3.69. The van der Waals surface area contributed by atoms with Crippen molar-refractivity contribution in [1.82, 2.24) is 0 Å². The van der Waals surface area contributed by atoms with Gasteiger partial charge in [0.2, 0.25) is 0 Å². The van der Waals surface area contributed by atoms with Gasteiger partial charge >= 0.3 is 0 Å². The summed E-state index contributed by atoms with van der Waals surface area (Å²) in [6.07, 6.45) is 3.78. The lowest BCUT2D eigenvalue weighted by atomic mass is 10.1. The van der Waals surface area contributed by atoms with Gasteiger partial charge in [-0.15, -0.1) is 27.8 Å². The summed E-state index contributed by atoms with van der Waals surface area (Å²) in [5.41, 5.74) is 2.33. The van der Waals surface area contributed by atoms with Crippen LogP contribution in [0.3, 0.4) is 0 Å². The fourth-order valence-electron chi connectivity index (χ4n) is 3.02. The molecule has 0 unspecified atom stereocenters. The lowest BCUT2D eigenvalue weighted by molar-refractivity contribution is 0.581. The van der Waals surface area contributed by atoms with Crippen molar-refractivity contribution in [2.45, 2.75) is 19.3 Å². The molecule has 1 aliphatic rings. The predicted molar refractivity (Wildman–Crippen MR) is 109 cm³/mol. The standard InChI is InChI=1S/C20H18N4S2/c21-14-15-6-8-16(9-7-15)22-23-17-13-19(18-5-4-12-25-18)26-20(17)24-10-2-1-3-11-24/h4-9,12-13H,1-3,10-11H2. The van der Waals surface area contributed by atoms with Gasteiger partial charge in [-0.2, -0.15) is 10.4 Å². The van der Waals surface area contributed by atoms with Crippen LogP contribution in [-0.4, -0.2) is 13.1 Å². The smallest absolute Gasteiger partial charge is 0.121 e. The number of anilines is 1. The molecule has 130 valence electrons. The number of azo groups is 1. The monoisotopic (exact) mass is 378 g/mol. The highest BCUT2D eigenvalue weighted by Gasteiger charge is 2.19. The van der Waals surface area contributed by atoms with Crippen LogP contribution >= 0.6 is 22.7 Å². The Hall–Kier alpha value is -2.49. The van der Waals surface area contributed by atoms with E-state index in [0.717, 1.165) is 24.5 Å². The minimum Gasteiger partial charge on any atom is -0.362 e. The van der Waals surface area contributed by atoms with Crippen molar-refractivity contribution in [1.29, 1.82) is 5.26 Å². The second-order valence-electron chi connectivity index (χ2n) is 6.18. The molecular weight excluding hydrogens is 360 g/mol. The molecule has 0 bridgehead atoms. The molecule has 1 aromatic carbocycles. The molecule has 0 radical (unpaired) electrons. The average molecular weight is 379 g/mol. The van der Waals surface area contributed by atoms with Crippen LogP contribution in [0.5, 0.6) is 0 Å². The molecule has 6 heteroatoms. The lowest BCUT2D eigenvalue weighted by Gasteiger charge is -2.27. The molecule has 0 amide bonds. The maximum Gasteiger partial charge on any atom is 0.121 e. The van der Waals surface area contributed by atoms with Crippen LogP contribution in [0.4, 0.5) is 16.4 Å². The maximum atomic E-state index is 8.90. The van der Waals surface area contributed by atoms with Gasteiger partial charge < -0.3 is 4.90 Å². The number of nitrogens with zero attached hydrogens (tertiary/aromatic N) is 4. The Balaban J connectivity index is 1.66. The number of thiophene rings is 2. The molecule has 4 nitrogen and oxygen atoms in total. The van der Waals surface area contributed by atoms with Crippen molar-refractivity contribution in [3.05, 3.63) is 53.4 Å².